The fourth-order valence-corrected chi connectivity index (χ4v) is 3.35. The fourth-order valence-electron chi connectivity index (χ4n) is 2.88. The lowest BCUT2D eigenvalue weighted by molar-refractivity contribution is 0.589. The van der Waals surface area contributed by atoms with Gasteiger partial charge in [-0.15, -0.1) is 0 Å². The third-order valence-corrected chi connectivity index (χ3v) is 5.15. The van der Waals surface area contributed by atoms with Crippen molar-refractivity contribution in [3.63, 3.8) is 0 Å². The molecule has 1 aromatic carbocycles. The molecule has 2 aromatic heterocycles. The van der Waals surface area contributed by atoms with Crippen molar-refractivity contribution in [3.05, 3.63) is 40.1 Å². The fraction of sp³-hybridized carbons (Fsp3) is 0.450. The molecule has 0 fully saturated rings. The number of imidazole rings is 1. The molecule has 2 heterocycles. The normalized spacial score (nSPS) is 11.9. The predicted octanol–water partition coefficient (Wildman–Crippen LogP) is 4.73. The van der Waals surface area contributed by atoms with Gasteiger partial charge in [0, 0.05) is 6.54 Å². The highest BCUT2D eigenvalue weighted by Gasteiger charge is 2.17. The highest BCUT2D eigenvalue weighted by atomic mass is 79.9. The zero-order chi connectivity index (χ0) is 19.6. The van der Waals surface area contributed by atoms with E-state index in [-0.39, 0.29) is 5.41 Å². The summed E-state index contributed by atoms with van der Waals surface area (Å²) in [7, 11) is 0. The largest absolute Gasteiger partial charge is 0.382 e. The van der Waals surface area contributed by atoms with Crippen molar-refractivity contribution < 1.29 is 0 Å². The van der Waals surface area contributed by atoms with E-state index < -0.39 is 0 Å². The maximum absolute atomic E-state index is 6.12. The van der Waals surface area contributed by atoms with Gasteiger partial charge >= 0.3 is 0 Å². The molecule has 3 rings (SSSR count). The number of aromatic nitrogens is 4. The van der Waals surface area contributed by atoms with Crippen molar-refractivity contribution in [3.8, 4) is 0 Å². The summed E-state index contributed by atoms with van der Waals surface area (Å²) < 4.78 is 2.72. The first-order valence-electron chi connectivity index (χ1n) is 9.32. The molecule has 27 heavy (non-hydrogen) atoms. The van der Waals surface area contributed by atoms with Crippen LogP contribution in [0.1, 0.15) is 51.7 Å². The third-order valence-electron chi connectivity index (χ3n) is 4.55. The maximum atomic E-state index is 6.12. The van der Waals surface area contributed by atoms with E-state index in [1.54, 1.807) is 0 Å². The molecule has 0 saturated carbocycles. The molecule has 0 aliphatic heterocycles. The van der Waals surface area contributed by atoms with Crippen LogP contribution in [-0.2, 0) is 12.0 Å². The van der Waals surface area contributed by atoms with Crippen LogP contribution in [-0.4, -0.2) is 26.1 Å². The molecular weight excluding hydrogens is 404 g/mol. The van der Waals surface area contributed by atoms with E-state index in [2.05, 4.69) is 88.2 Å². The van der Waals surface area contributed by atoms with E-state index in [0.29, 0.717) is 28.6 Å². The van der Waals surface area contributed by atoms with Crippen molar-refractivity contribution in [2.45, 2.75) is 52.5 Å². The molecular formula is C20H27BrN6. The van der Waals surface area contributed by atoms with Gasteiger partial charge in [0.15, 0.2) is 21.7 Å². The van der Waals surface area contributed by atoms with Gasteiger partial charge in [-0.3, -0.25) is 4.57 Å². The molecule has 0 unspecified atom stereocenters. The van der Waals surface area contributed by atoms with Gasteiger partial charge in [0.25, 0.3) is 0 Å². The number of fused-ring (bicyclic) bond motifs is 1. The highest BCUT2D eigenvalue weighted by Crippen LogP contribution is 2.26. The average molecular weight is 431 g/mol. The number of hydrogen-bond acceptors (Lipinski definition) is 5. The monoisotopic (exact) mass is 430 g/mol. The minimum atomic E-state index is 0.140. The Morgan fingerprint density at radius 2 is 1.81 bits per heavy atom. The Kier molecular flexibility index (Phi) is 5.69. The zero-order valence-corrected chi connectivity index (χ0v) is 18.0. The summed E-state index contributed by atoms with van der Waals surface area (Å²) in [4.78, 5) is 13.5. The van der Waals surface area contributed by atoms with Crippen LogP contribution >= 0.6 is 15.9 Å². The van der Waals surface area contributed by atoms with Crippen molar-refractivity contribution in [1.29, 1.82) is 0 Å². The van der Waals surface area contributed by atoms with Crippen LogP contribution in [0.25, 0.3) is 11.2 Å². The molecule has 3 aromatic rings. The molecule has 0 radical (unpaired) electrons. The van der Waals surface area contributed by atoms with Gasteiger partial charge in [0.05, 0.1) is 6.54 Å². The number of nitrogens with two attached hydrogens (primary N) is 1. The number of hydrogen-bond donors (Lipinski definition) is 2. The Hall–Kier alpha value is -2.15. The van der Waals surface area contributed by atoms with Crippen molar-refractivity contribution in [2.24, 2.45) is 0 Å². The SMILES string of the molecule is CCCCNc1nc(N)c2nc(Br)n(Cc3ccc(C(C)(C)C)cc3)c2n1. The maximum Gasteiger partial charge on any atom is 0.226 e. The van der Waals surface area contributed by atoms with Gasteiger partial charge in [-0.2, -0.15) is 9.97 Å². The van der Waals surface area contributed by atoms with Gasteiger partial charge in [-0.05, 0) is 38.9 Å². The van der Waals surface area contributed by atoms with Crippen LogP contribution in [0.5, 0.6) is 0 Å². The van der Waals surface area contributed by atoms with E-state index in [1.807, 2.05) is 4.57 Å². The highest BCUT2D eigenvalue weighted by molar-refractivity contribution is 9.10. The average Bonchev–Trinajstić information content (AvgIpc) is 2.92. The topological polar surface area (TPSA) is 81.6 Å². The summed E-state index contributed by atoms with van der Waals surface area (Å²) in [5.41, 5.74) is 10.1. The molecule has 144 valence electrons. The Morgan fingerprint density at radius 3 is 2.44 bits per heavy atom. The zero-order valence-electron chi connectivity index (χ0n) is 16.4. The lowest BCUT2D eigenvalue weighted by atomic mass is 9.87. The molecule has 3 N–H and O–H groups in total. The lowest BCUT2D eigenvalue weighted by Crippen LogP contribution is -2.11. The molecule has 0 aliphatic carbocycles. The van der Waals surface area contributed by atoms with Crippen LogP contribution in [0.2, 0.25) is 0 Å². The summed E-state index contributed by atoms with van der Waals surface area (Å²) in [6, 6.07) is 8.68. The summed E-state index contributed by atoms with van der Waals surface area (Å²) in [5.74, 6) is 0.937. The standard InChI is InChI=1S/C20H27BrN6/c1-5-6-11-23-19-25-16(22)15-17(26-19)27(18(21)24-15)12-13-7-9-14(10-8-13)20(2,3)4/h7-10H,5-6,11-12H2,1-4H3,(H3,22,23,25,26). The van der Waals surface area contributed by atoms with Gasteiger partial charge in [-0.25, -0.2) is 4.98 Å². The van der Waals surface area contributed by atoms with Crippen LogP contribution in [0.4, 0.5) is 11.8 Å². The van der Waals surface area contributed by atoms with Crippen molar-refractivity contribution in [2.75, 3.05) is 17.6 Å². The number of rotatable bonds is 6. The molecule has 0 saturated heterocycles. The van der Waals surface area contributed by atoms with E-state index in [1.165, 1.54) is 11.1 Å². The molecule has 0 atom stereocenters. The smallest absolute Gasteiger partial charge is 0.226 e. The number of nitrogen functional groups attached to an aromatic ring is 1. The summed E-state index contributed by atoms with van der Waals surface area (Å²) >= 11 is 3.54. The number of nitrogens with one attached hydrogen (secondary N) is 1. The Balaban J connectivity index is 1.92. The number of benzene rings is 1. The van der Waals surface area contributed by atoms with Gasteiger partial charge in [0.1, 0.15) is 0 Å². The minimum Gasteiger partial charge on any atom is -0.382 e. The number of anilines is 2. The molecule has 0 amide bonds. The van der Waals surface area contributed by atoms with Crippen molar-refractivity contribution >= 4 is 38.9 Å². The molecule has 0 spiro atoms. The second-order valence-corrected chi connectivity index (χ2v) is 8.51. The minimum absolute atomic E-state index is 0.140. The molecule has 0 aliphatic rings. The Morgan fingerprint density at radius 1 is 1.11 bits per heavy atom. The summed E-state index contributed by atoms with van der Waals surface area (Å²) in [6.07, 6.45) is 2.17. The third kappa shape index (κ3) is 4.40. The first-order valence-corrected chi connectivity index (χ1v) is 10.1. The van der Waals surface area contributed by atoms with E-state index >= 15 is 0 Å². The molecule has 6 nitrogen and oxygen atoms in total. The van der Waals surface area contributed by atoms with Crippen LogP contribution in [0, 0.1) is 0 Å². The van der Waals surface area contributed by atoms with Gasteiger partial charge < -0.3 is 11.1 Å². The predicted molar refractivity (Wildman–Crippen MR) is 115 cm³/mol. The second-order valence-electron chi connectivity index (χ2n) is 7.80. The number of unbranched alkanes of at least 4 members (excludes halogenated alkanes) is 1. The molecule has 0 bridgehead atoms. The number of halogens is 1. The quantitative estimate of drug-likeness (QED) is 0.436. The summed E-state index contributed by atoms with van der Waals surface area (Å²) in [6.45, 7) is 10.3. The Bertz CT molecular complexity index is 924. The van der Waals surface area contributed by atoms with Crippen LogP contribution in [0.15, 0.2) is 29.0 Å². The first kappa shape index (κ1) is 19.6. The van der Waals surface area contributed by atoms with Crippen LogP contribution < -0.4 is 11.1 Å². The van der Waals surface area contributed by atoms with E-state index in [4.69, 9.17) is 5.73 Å². The second kappa shape index (κ2) is 7.84. The van der Waals surface area contributed by atoms with Gasteiger partial charge in [0.2, 0.25) is 5.95 Å². The Labute approximate surface area is 168 Å². The van der Waals surface area contributed by atoms with E-state index in [9.17, 15) is 0 Å². The molecule has 7 heteroatoms. The number of nitrogens with zero attached hydrogens (tertiary/aromatic N) is 4. The van der Waals surface area contributed by atoms with Crippen molar-refractivity contribution in [1.82, 2.24) is 19.5 Å². The first-order chi connectivity index (χ1) is 12.8. The van der Waals surface area contributed by atoms with E-state index in [0.717, 1.165) is 25.0 Å². The summed E-state index contributed by atoms with van der Waals surface area (Å²) in [5, 5.41) is 3.24. The lowest BCUT2D eigenvalue weighted by Gasteiger charge is -2.19. The van der Waals surface area contributed by atoms with Crippen LogP contribution in [0.3, 0.4) is 0 Å². The van der Waals surface area contributed by atoms with Gasteiger partial charge in [-0.1, -0.05) is 58.4 Å².